The first-order valence-corrected chi connectivity index (χ1v) is 10.1. The molecule has 0 unspecified atom stereocenters. The predicted molar refractivity (Wildman–Crippen MR) is 119 cm³/mol. The Morgan fingerprint density at radius 3 is 2.26 bits per heavy atom. The lowest BCUT2D eigenvalue weighted by Crippen LogP contribution is -2.27. The van der Waals surface area contributed by atoms with E-state index in [0.717, 1.165) is 30.1 Å². The summed E-state index contributed by atoms with van der Waals surface area (Å²) in [6.07, 6.45) is 1.90. The van der Waals surface area contributed by atoms with Crippen molar-refractivity contribution in [2.75, 3.05) is 30.0 Å². The third-order valence-corrected chi connectivity index (χ3v) is 5.75. The Morgan fingerprint density at radius 2 is 1.70 bits per heavy atom. The van der Waals surface area contributed by atoms with Crippen molar-refractivity contribution in [3.05, 3.63) is 59.0 Å². The zero-order valence-electron chi connectivity index (χ0n) is 15.6. The van der Waals surface area contributed by atoms with Crippen LogP contribution in [0.15, 0.2) is 53.4 Å². The second-order valence-electron chi connectivity index (χ2n) is 5.98. The van der Waals surface area contributed by atoms with E-state index in [9.17, 15) is 4.79 Å². The summed E-state index contributed by atoms with van der Waals surface area (Å²) in [7, 11) is 1.61. The average molecular weight is 399 g/mol. The van der Waals surface area contributed by atoms with Gasteiger partial charge < -0.3 is 9.64 Å². The van der Waals surface area contributed by atoms with Crippen LogP contribution in [0.25, 0.3) is 6.08 Å². The summed E-state index contributed by atoms with van der Waals surface area (Å²) in [5, 5.41) is 0. The van der Waals surface area contributed by atoms with E-state index in [4.69, 9.17) is 17.0 Å². The highest BCUT2D eigenvalue weighted by molar-refractivity contribution is 8.27. The van der Waals surface area contributed by atoms with Gasteiger partial charge in [0.25, 0.3) is 5.91 Å². The second-order valence-corrected chi connectivity index (χ2v) is 7.65. The fourth-order valence-corrected chi connectivity index (χ4v) is 4.24. The van der Waals surface area contributed by atoms with Gasteiger partial charge in [0.05, 0.1) is 17.7 Å². The van der Waals surface area contributed by atoms with Crippen LogP contribution in [0, 0.1) is 0 Å². The Labute approximate surface area is 169 Å². The van der Waals surface area contributed by atoms with E-state index < -0.39 is 0 Å². The molecule has 140 valence electrons. The number of methoxy groups -OCH3 is 1. The summed E-state index contributed by atoms with van der Waals surface area (Å²) in [6.45, 7) is 6.22. The number of hydrogen-bond acceptors (Lipinski definition) is 5. The molecule has 0 spiro atoms. The van der Waals surface area contributed by atoms with Gasteiger partial charge in [-0.2, -0.15) is 0 Å². The highest BCUT2D eigenvalue weighted by atomic mass is 32.2. The number of hydrogen-bond donors (Lipinski definition) is 0. The molecule has 1 saturated heterocycles. The predicted octanol–water partition coefficient (Wildman–Crippen LogP) is 4.95. The highest BCUT2D eigenvalue weighted by Crippen LogP contribution is 2.36. The number of carbonyl (C=O) groups excluding carboxylic acids is 1. The van der Waals surface area contributed by atoms with Gasteiger partial charge in [0.1, 0.15) is 5.75 Å². The number of nitrogens with zero attached hydrogens (tertiary/aromatic N) is 2. The van der Waals surface area contributed by atoms with Crippen LogP contribution >= 0.6 is 24.0 Å². The largest absolute Gasteiger partial charge is 0.497 e. The van der Waals surface area contributed by atoms with Crippen molar-refractivity contribution in [3.63, 3.8) is 0 Å². The molecule has 1 amide bonds. The fraction of sp³-hybridized carbons (Fsp3) is 0.238. The zero-order chi connectivity index (χ0) is 19.4. The minimum atomic E-state index is -0.0945. The molecular formula is C21H22N2O2S2. The quantitative estimate of drug-likeness (QED) is 0.508. The monoisotopic (exact) mass is 398 g/mol. The molecule has 3 rings (SSSR count). The maximum absolute atomic E-state index is 12.9. The number of ether oxygens (including phenoxy) is 1. The average Bonchev–Trinajstić information content (AvgIpc) is 2.97. The molecule has 0 aliphatic carbocycles. The number of anilines is 2. The third kappa shape index (κ3) is 4.17. The van der Waals surface area contributed by atoms with E-state index in [1.807, 2.05) is 42.5 Å². The van der Waals surface area contributed by atoms with Gasteiger partial charge in [-0.1, -0.05) is 36.1 Å². The lowest BCUT2D eigenvalue weighted by atomic mass is 10.1. The molecular weight excluding hydrogens is 376 g/mol. The SMILES string of the molecule is CCN(CC)c1ccc(/C=C2/SC(=S)N(c3ccc(OC)cc3)C2=O)cc1. The van der Waals surface area contributed by atoms with Gasteiger partial charge in [0, 0.05) is 18.8 Å². The molecule has 2 aromatic carbocycles. The van der Waals surface area contributed by atoms with Crippen molar-refractivity contribution >= 4 is 51.7 Å². The van der Waals surface area contributed by atoms with E-state index in [1.54, 1.807) is 12.0 Å². The summed E-state index contributed by atoms with van der Waals surface area (Å²) < 4.78 is 5.71. The van der Waals surface area contributed by atoms with Crippen molar-refractivity contribution in [3.8, 4) is 5.75 Å². The van der Waals surface area contributed by atoms with Crippen LogP contribution in [0.3, 0.4) is 0 Å². The molecule has 2 aromatic rings. The van der Waals surface area contributed by atoms with Crippen LogP contribution in [-0.2, 0) is 4.79 Å². The van der Waals surface area contributed by atoms with E-state index in [2.05, 4.69) is 30.9 Å². The molecule has 6 heteroatoms. The number of thiocarbonyl (C=S) groups is 1. The van der Waals surface area contributed by atoms with Crippen LogP contribution in [0.1, 0.15) is 19.4 Å². The van der Waals surface area contributed by atoms with Crippen LogP contribution < -0.4 is 14.5 Å². The van der Waals surface area contributed by atoms with Gasteiger partial charge in [0.2, 0.25) is 0 Å². The lowest BCUT2D eigenvalue weighted by Gasteiger charge is -2.20. The summed E-state index contributed by atoms with van der Waals surface area (Å²) in [6, 6.07) is 15.6. The van der Waals surface area contributed by atoms with Gasteiger partial charge >= 0.3 is 0 Å². The maximum atomic E-state index is 12.9. The van der Waals surface area contributed by atoms with Gasteiger partial charge in [0.15, 0.2) is 4.32 Å². The number of carbonyl (C=O) groups is 1. The van der Waals surface area contributed by atoms with E-state index in [0.29, 0.717) is 9.23 Å². The van der Waals surface area contributed by atoms with Crippen molar-refractivity contribution in [2.24, 2.45) is 0 Å². The summed E-state index contributed by atoms with van der Waals surface area (Å²) in [5.41, 5.74) is 2.92. The Balaban J connectivity index is 1.81. The number of thioether (sulfide) groups is 1. The topological polar surface area (TPSA) is 32.8 Å². The van der Waals surface area contributed by atoms with Crippen LogP contribution in [0.5, 0.6) is 5.75 Å². The molecule has 27 heavy (non-hydrogen) atoms. The Kier molecular flexibility index (Phi) is 6.19. The number of rotatable bonds is 6. The molecule has 0 atom stereocenters. The Hall–Kier alpha value is -2.31. The molecule has 1 fully saturated rings. The zero-order valence-corrected chi connectivity index (χ0v) is 17.3. The number of benzene rings is 2. The van der Waals surface area contributed by atoms with Crippen LogP contribution in [-0.4, -0.2) is 30.4 Å². The van der Waals surface area contributed by atoms with Crippen molar-refractivity contribution in [1.82, 2.24) is 0 Å². The van der Waals surface area contributed by atoms with Crippen LogP contribution in [0.2, 0.25) is 0 Å². The van der Waals surface area contributed by atoms with E-state index in [-0.39, 0.29) is 5.91 Å². The minimum absolute atomic E-state index is 0.0945. The molecule has 0 bridgehead atoms. The normalized spacial score (nSPS) is 15.5. The first kappa shape index (κ1) is 19.5. The molecule has 1 aliphatic rings. The summed E-state index contributed by atoms with van der Waals surface area (Å²) in [5.74, 6) is 0.649. The van der Waals surface area contributed by atoms with Gasteiger partial charge in [-0.3, -0.25) is 9.69 Å². The van der Waals surface area contributed by atoms with Crippen LogP contribution in [0.4, 0.5) is 11.4 Å². The molecule has 0 saturated carbocycles. The van der Waals surface area contributed by atoms with Crippen molar-refractivity contribution < 1.29 is 9.53 Å². The van der Waals surface area contributed by atoms with Crippen molar-refractivity contribution in [2.45, 2.75) is 13.8 Å². The molecule has 0 radical (unpaired) electrons. The van der Waals surface area contributed by atoms with Crippen molar-refractivity contribution in [1.29, 1.82) is 0 Å². The fourth-order valence-electron chi connectivity index (χ4n) is 2.94. The molecule has 1 aliphatic heterocycles. The van der Waals surface area contributed by atoms with E-state index >= 15 is 0 Å². The maximum Gasteiger partial charge on any atom is 0.270 e. The van der Waals surface area contributed by atoms with Gasteiger partial charge in [-0.05, 0) is 61.9 Å². The van der Waals surface area contributed by atoms with Gasteiger partial charge in [-0.15, -0.1) is 0 Å². The first-order valence-electron chi connectivity index (χ1n) is 8.84. The molecule has 4 nitrogen and oxygen atoms in total. The second kappa shape index (κ2) is 8.59. The molecule has 1 heterocycles. The molecule has 0 N–H and O–H groups in total. The third-order valence-electron chi connectivity index (χ3n) is 4.44. The van der Waals surface area contributed by atoms with E-state index in [1.165, 1.54) is 17.4 Å². The standard InChI is InChI=1S/C21H22N2O2S2/c1-4-22(5-2)16-8-6-15(7-9-16)14-19-20(24)23(21(26)27-19)17-10-12-18(25-3)13-11-17/h6-14H,4-5H2,1-3H3/b19-14+. The Morgan fingerprint density at radius 1 is 1.07 bits per heavy atom. The van der Waals surface area contributed by atoms with Gasteiger partial charge in [-0.25, -0.2) is 0 Å². The molecule has 0 aromatic heterocycles. The minimum Gasteiger partial charge on any atom is -0.497 e. The lowest BCUT2D eigenvalue weighted by molar-refractivity contribution is -0.113. The number of amides is 1. The summed E-state index contributed by atoms with van der Waals surface area (Å²) >= 11 is 6.76. The highest BCUT2D eigenvalue weighted by Gasteiger charge is 2.33. The summed E-state index contributed by atoms with van der Waals surface area (Å²) in [4.78, 5) is 17.3. The smallest absolute Gasteiger partial charge is 0.270 e. The Bertz CT molecular complexity index is 857. The first-order chi connectivity index (χ1) is 13.1.